The van der Waals surface area contributed by atoms with Crippen LogP contribution in [0.1, 0.15) is 5.56 Å². The van der Waals surface area contributed by atoms with E-state index in [1.54, 1.807) is 24.3 Å². The summed E-state index contributed by atoms with van der Waals surface area (Å²) in [4.78, 5) is 0.339. The van der Waals surface area contributed by atoms with Crippen LogP contribution in [0.3, 0.4) is 0 Å². The van der Waals surface area contributed by atoms with Crippen LogP contribution < -0.4 is 0 Å². The van der Waals surface area contributed by atoms with Gasteiger partial charge in [0.05, 0.1) is 0 Å². The molecule has 0 heterocycles. The third-order valence-electron chi connectivity index (χ3n) is 1.77. The van der Waals surface area contributed by atoms with Gasteiger partial charge in [0, 0.05) is 22.0 Å². The third-order valence-corrected chi connectivity index (χ3v) is 2.43. The molecule has 1 atom stereocenters. The van der Waals surface area contributed by atoms with Crippen molar-refractivity contribution in [1.82, 2.24) is 0 Å². The van der Waals surface area contributed by atoms with Crippen LogP contribution in [0.4, 0.5) is 0 Å². The summed E-state index contributed by atoms with van der Waals surface area (Å²) >= 11 is -2.09. The third kappa shape index (κ3) is 13.1. The van der Waals surface area contributed by atoms with Crippen LogP contribution >= 0.6 is 0 Å². The van der Waals surface area contributed by atoms with Gasteiger partial charge in [-0.1, -0.05) is 17.7 Å². The van der Waals surface area contributed by atoms with E-state index < -0.39 is 11.1 Å². The van der Waals surface area contributed by atoms with Crippen LogP contribution in [-0.4, -0.2) is 8.76 Å². The molecule has 6 heteroatoms. The molecular formula is C14H12FeO4S-2. The Bertz CT molecular complexity index is 452. The SMILES string of the molecule is Cc1ccc(S(=O)[O-])cc1.[C-]#[O+].[C-]#[O+].[Fe].c1cc[cH-]c1. The van der Waals surface area contributed by atoms with Crippen LogP contribution in [0.25, 0.3) is 0 Å². The average molecular weight is 332 g/mol. The number of rotatable bonds is 1. The van der Waals surface area contributed by atoms with Gasteiger partial charge in [-0.2, -0.15) is 18.2 Å². The Morgan fingerprint density at radius 1 is 1.05 bits per heavy atom. The molecule has 0 N–H and O–H groups in total. The van der Waals surface area contributed by atoms with Gasteiger partial charge in [0.2, 0.25) is 0 Å². The molecule has 0 saturated heterocycles. The first-order chi connectivity index (χ1) is 9.20. The summed E-state index contributed by atoms with van der Waals surface area (Å²) in [6.45, 7) is 10.9. The molecule has 0 fully saturated rings. The van der Waals surface area contributed by atoms with Crippen LogP contribution in [0, 0.1) is 20.2 Å². The quantitative estimate of drug-likeness (QED) is 0.348. The predicted octanol–water partition coefficient (Wildman–Crippen LogP) is 2.56. The van der Waals surface area contributed by atoms with Crippen molar-refractivity contribution in [3.8, 4) is 0 Å². The van der Waals surface area contributed by atoms with Gasteiger partial charge in [-0.05, 0) is 30.1 Å². The van der Waals surface area contributed by atoms with Gasteiger partial charge in [0.25, 0.3) is 0 Å². The van der Waals surface area contributed by atoms with Crippen molar-refractivity contribution >= 4 is 11.1 Å². The molecular weight excluding hydrogens is 320 g/mol. The molecule has 0 saturated carbocycles. The van der Waals surface area contributed by atoms with Gasteiger partial charge in [0.15, 0.2) is 0 Å². The normalized spacial score (nSPS) is 8.70. The number of aryl methyl sites for hydroxylation is 1. The smallest absolute Gasteiger partial charge is 0 e. The van der Waals surface area contributed by atoms with E-state index >= 15 is 0 Å². The zero-order valence-corrected chi connectivity index (χ0v) is 12.5. The van der Waals surface area contributed by atoms with Gasteiger partial charge in [0.1, 0.15) is 0 Å². The Hall–Kier alpha value is -1.32. The molecule has 0 bridgehead atoms. The standard InChI is InChI=1S/C7H8O2S.C5H5.2CO.Fe/c1-6-2-4-7(5-3-6)10(8)9;1-2-4-5-3-1;2*1-2;/h2-5H,1H3,(H,8,9);1-5H;;;/q;-1;;;/p-1. The molecule has 0 aliphatic carbocycles. The summed E-state index contributed by atoms with van der Waals surface area (Å²) < 4.78 is 35.6. The molecule has 108 valence electrons. The van der Waals surface area contributed by atoms with E-state index in [4.69, 9.17) is 9.30 Å². The van der Waals surface area contributed by atoms with E-state index in [0.717, 1.165) is 5.56 Å². The Kier molecular flexibility index (Phi) is 21.0. The van der Waals surface area contributed by atoms with E-state index in [1.165, 1.54) is 0 Å². The molecule has 2 aromatic carbocycles. The molecule has 0 aliphatic heterocycles. The number of hydrogen-bond donors (Lipinski definition) is 0. The van der Waals surface area contributed by atoms with Crippen molar-refractivity contribution in [1.29, 1.82) is 0 Å². The summed E-state index contributed by atoms with van der Waals surface area (Å²) in [5, 5.41) is 0. The maximum atomic E-state index is 10.3. The molecule has 2 rings (SSSR count). The summed E-state index contributed by atoms with van der Waals surface area (Å²) in [7, 11) is 0. The van der Waals surface area contributed by atoms with Crippen molar-refractivity contribution in [3.05, 3.63) is 73.5 Å². The average Bonchev–Trinajstić information content (AvgIpc) is 3.03. The minimum absolute atomic E-state index is 0. The molecule has 20 heavy (non-hydrogen) atoms. The van der Waals surface area contributed by atoms with Gasteiger partial charge in [-0.15, -0.1) is 0 Å². The van der Waals surface area contributed by atoms with Crippen LogP contribution in [0.15, 0.2) is 59.5 Å². The molecule has 4 nitrogen and oxygen atoms in total. The van der Waals surface area contributed by atoms with Crippen molar-refractivity contribution in [2.75, 3.05) is 0 Å². The summed E-state index contributed by atoms with van der Waals surface area (Å²) in [6.07, 6.45) is 0. The Morgan fingerprint density at radius 2 is 1.45 bits per heavy atom. The Balaban J connectivity index is -0.000000246. The van der Waals surface area contributed by atoms with Gasteiger partial charge >= 0.3 is 22.6 Å². The first-order valence-electron chi connectivity index (χ1n) is 4.93. The van der Waals surface area contributed by atoms with E-state index in [1.807, 2.05) is 37.3 Å². The second-order valence-electron chi connectivity index (χ2n) is 3.01. The van der Waals surface area contributed by atoms with Crippen LogP contribution in [0.2, 0.25) is 0 Å². The van der Waals surface area contributed by atoms with Gasteiger partial charge in [-0.3, -0.25) is 4.21 Å². The maximum absolute atomic E-state index is 10.3. The molecule has 0 radical (unpaired) electrons. The van der Waals surface area contributed by atoms with E-state index in [9.17, 15) is 8.76 Å². The first-order valence-corrected chi connectivity index (χ1v) is 6.01. The monoisotopic (exact) mass is 332 g/mol. The maximum Gasteiger partial charge on any atom is 0 e. The second kappa shape index (κ2) is 17.7. The largest absolute Gasteiger partial charge is 0.214 e. The molecule has 0 amide bonds. The van der Waals surface area contributed by atoms with Crippen molar-refractivity contribution in [3.63, 3.8) is 0 Å². The van der Waals surface area contributed by atoms with E-state index in [0.29, 0.717) is 4.90 Å². The predicted molar refractivity (Wildman–Crippen MR) is 68.3 cm³/mol. The second-order valence-corrected chi connectivity index (χ2v) is 3.95. The molecule has 0 aromatic heterocycles. The molecule has 0 spiro atoms. The fourth-order valence-corrected chi connectivity index (χ4v) is 1.33. The molecule has 2 aromatic rings. The summed E-state index contributed by atoms with van der Waals surface area (Å²) in [5.41, 5.74) is 1.06. The molecule has 0 aliphatic rings. The Morgan fingerprint density at radius 3 is 1.70 bits per heavy atom. The Labute approximate surface area is 131 Å². The molecule has 1 unspecified atom stereocenters. The zero-order valence-electron chi connectivity index (χ0n) is 10.6. The fourth-order valence-electron chi connectivity index (χ4n) is 0.970. The minimum Gasteiger partial charge on any atom is -0.214 e. The van der Waals surface area contributed by atoms with Crippen molar-refractivity contribution < 1.29 is 35.1 Å². The van der Waals surface area contributed by atoms with E-state index in [-0.39, 0.29) is 17.1 Å². The topological polar surface area (TPSA) is 79.9 Å². The zero-order chi connectivity index (χ0) is 15.1. The van der Waals surface area contributed by atoms with E-state index in [2.05, 4.69) is 13.3 Å². The van der Waals surface area contributed by atoms with Gasteiger partial charge < -0.3 is 4.55 Å². The number of benzene rings is 1. The van der Waals surface area contributed by atoms with Gasteiger partial charge in [-0.25, -0.2) is 12.1 Å². The minimum atomic E-state index is -2.09. The van der Waals surface area contributed by atoms with Crippen LogP contribution in [-0.2, 0) is 37.5 Å². The van der Waals surface area contributed by atoms with Crippen molar-refractivity contribution in [2.45, 2.75) is 11.8 Å². The number of hydrogen-bond acceptors (Lipinski definition) is 2. The first kappa shape index (κ1) is 23.7. The fraction of sp³-hybridized carbons (Fsp3) is 0.0714. The van der Waals surface area contributed by atoms with Crippen molar-refractivity contribution in [2.24, 2.45) is 0 Å². The summed E-state index contributed by atoms with van der Waals surface area (Å²) in [5.74, 6) is 0. The van der Waals surface area contributed by atoms with Crippen LogP contribution in [0.5, 0.6) is 0 Å². The summed E-state index contributed by atoms with van der Waals surface area (Å²) in [6, 6.07) is 16.7.